The van der Waals surface area contributed by atoms with Crippen LogP contribution in [0.1, 0.15) is 49.9 Å². The maximum Gasteiger partial charge on any atom is 0.116 e. The summed E-state index contributed by atoms with van der Waals surface area (Å²) in [6.07, 6.45) is 1.67. The van der Waals surface area contributed by atoms with Crippen LogP contribution in [0.25, 0.3) is 89.3 Å². The van der Waals surface area contributed by atoms with Gasteiger partial charge >= 0.3 is 0 Å². The Hall–Kier alpha value is -7.16. The Morgan fingerprint density at radius 3 is 1.03 bits per heavy atom. The van der Waals surface area contributed by atoms with Gasteiger partial charge in [-0.1, -0.05) is 185 Å². The Balaban J connectivity index is 0.816. The summed E-state index contributed by atoms with van der Waals surface area (Å²) in [6, 6.07) is 68.9. The third kappa shape index (κ3) is 5.86. The second kappa shape index (κ2) is 13.7. The molecule has 0 bridgehead atoms. The normalized spacial score (nSPS) is 13.9. The first-order valence-electron chi connectivity index (χ1n) is 21.0. The van der Waals surface area contributed by atoms with Crippen molar-refractivity contribution in [2.24, 2.45) is 0 Å². The molecule has 2 heteroatoms. The predicted octanol–water partition coefficient (Wildman–Crippen LogP) is 15.1. The summed E-state index contributed by atoms with van der Waals surface area (Å²) in [4.78, 5) is 9.36. The van der Waals surface area contributed by atoms with E-state index in [2.05, 4.69) is 226 Å². The van der Waals surface area contributed by atoms with Crippen molar-refractivity contribution in [3.05, 3.63) is 217 Å². The summed E-state index contributed by atoms with van der Waals surface area (Å²) in [5, 5.41) is 0. The fourth-order valence-corrected chi connectivity index (χ4v) is 9.86. The molecule has 0 aliphatic heterocycles. The van der Waals surface area contributed by atoms with E-state index in [0.29, 0.717) is 0 Å². The first-order valence-corrected chi connectivity index (χ1v) is 21.0. The second-order valence-electron chi connectivity index (χ2n) is 17.5. The summed E-state index contributed by atoms with van der Waals surface area (Å²) >= 11 is 0. The van der Waals surface area contributed by atoms with E-state index in [4.69, 9.17) is 0 Å². The van der Waals surface area contributed by atoms with Gasteiger partial charge in [0.1, 0.15) is 6.33 Å². The van der Waals surface area contributed by atoms with Crippen LogP contribution in [-0.4, -0.2) is 9.97 Å². The summed E-state index contributed by atoms with van der Waals surface area (Å²) in [5.74, 6) is 0. The van der Waals surface area contributed by atoms with Crippen molar-refractivity contribution < 1.29 is 0 Å². The van der Waals surface area contributed by atoms with Crippen LogP contribution < -0.4 is 0 Å². The fourth-order valence-electron chi connectivity index (χ4n) is 9.86. The molecule has 0 N–H and O–H groups in total. The van der Waals surface area contributed by atoms with Crippen molar-refractivity contribution in [1.29, 1.82) is 0 Å². The molecular weight excluding hydrogens is 725 g/mol. The Labute approximate surface area is 353 Å². The third-order valence-corrected chi connectivity index (χ3v) is 13.3. The zero-order valence-corrected chi connectivity index (χ0v) is 34.4. The third-order valence-electron chi connectivity index (χ3n) is 13.3. The molecule has 286 valence electrons. The molecule has 8 aromatic carbocycles. The molecule has 0 fully saturated rings. The quantitative estimate of drug-likeness (QED) is 0.168. The molecule has 2 aliphatic rings. The Morgan fingerprint density at radius 1 is 0.267 bits per heavy atom. The minimum Gasteiger partial charge on any atom is -0.236 e. The highest BCUT2D eigenvalue weighted by atomic mass is 14.8. The molecule has 9 aromatic rings. The minimum atomic E-state index is -0.0251. The SMILES string of the molecule is CC1(C)c2ccccc2-c2ccc(-c3cccc(-c4ccc(-c5cc(-c6ccc(-c7cccc(-c8ccc9c(c8)C(C)(C)c8ccccc8-9)c7)cc6)ncn5)cc4)c3)cc21. The monoisotopic (exact) mass is 768 g/mol. The highest BCUT2D eigenvalue weighted by Gasteiger charge is 2.36. The molecule has 11 rings (SSSR count). The Kier molecular flexibility index (Phi) is 8.22. The largest absolute Gasteiger partial charge is 0.236 e. The van der Waals surface area contributed by atoms with E-state index in [9.17, 15) is 0 Å². The lowest BCUT2D eigenvalue weighted by Gasteiger charge is -2.22. The van der Waals surface area contributed by atoms with Crippen LogP contribution in [0.5, 0.6) is 0 Å². The van der Waals surface area contributed by atoms with Gasteiger partial charge in [0.2, 0.25) is 0 Å². The molecule has 2 aliphatic carbocycles. The first kappa shape index (κ1) is 36.0. The molecule has 1 heterocycles. The number of nitrogens with zero attached hydrogens (tertiary/aromatic N) is 2. The van der Waals surface area contributed by atoms with Gasteiger partial charge in [-0.25, -0.2) is 9.97 Å². The Morgan fingerprint density at radius 2 is 0.600 bits per heavy atom. The molecule has 0 amide bonds. The van der Waals surface area contributed by atoms with Gasteiger partial charge in [-0.15, -0.1) is 0 Å². The molecule has 0 atom stereocenters. The topological polar surface area (TPSA) is 25.8 Å². The molecule has 2 nitrogen and oxygen atoms in total. The van der Waals surface area contributed by atoms with Gasteiger partial charge in [0, 0.05) is 22.0 Å². The summed E-state index contributed by atoms with van der Waals surface area (Å²) in [5.41, 5.74) is 24.5. The fraction of sp³-hybridized carbons (Fsp3) is 0.103. The standard InChI is InChI=1S/C58H44N2/c1-57(2)51-17-7-5-15-47(51)49-29-27-45(33-53(49)57)43-13-9-11-41(31-43)37-19-23-39(24-20-37)55-35-56(60-36-59-55)40-25-21-38(22-26-40)42-12-10-14-44(32-42)46-28-30-50-48-16-6-8-18-52(48)58(3,4)54(50)34-46/h5-36H,1-4H3. The van der Waals surface area contributed by atoms with Crippen LogP contribution in [0.15, 0.2) is 194 Å². The van der Waals surface area contributed by atoms with Gasteiger partial charge in [-0.05, 0) is 119 Å². The van der Waals surface area contributed by atoms with Gasteiger partial charge in [-0.2, -0.15) is 0 Å². The zero-order valence-electron chi connectivity index (χ0n) is 34.4. The van der Waals surface area contributed by atoms with Crippen LogP contribution in [0.2, 0.25) is 0 Å². The molecule has 0 radical (unpaired) electrons. The van der Waals surface area contributed by atoms with Gasteiger partial charge in [0.05, 0.1) is 11.4 Å². The molecule has 60 heavy (non-hydrogen) atoms. The van der Waals surface area contributed by atoms with E-state index in [1.807, 2.05) is 0 Å². The Bertz CT molecular complexity index is 2920. The van der Waals surface area contributed by atoms with Crippen molar-refractivity contribution in [1.82, 2.24) is 9.97 Å². The number of fused-ring (bicyclic) bond motifs is 6. The number of benzene rings is 8. The first-order chi connectivity index (χ1) is 29.2. The van der Waals surface area contributed by atoms with Gasteiger partial charge in [0.25, 0.3) is 0 Å². The minimum absolute atomic E-state index is 0.0251. The van der Waals surface area contributed by atoms with Gasteiger partial charge in [-0.3, -0.25) is 0 Å². The van der Waals surface area contributed by atoms with Crippen molar-refractivity contribution >= 4 is 0 Å². The summed E-state index contributed by atoms with van der Waals surface area (Å²) in [6.45, 7) is 9.36. The highest BCUT2D eigenvalue weighted by molar-refractivity contribution is 5.86. The molecule has 0 unspecified atom stereocenters. The molecule has 0 spiro atoms. The van der Waals surface area contributed by atoms with Crippen molar-refractivity contribution in [2.75, 3.05) is 0 Å². The van der Waals surface area contributed by atoms with E-state index >= 15 is 0 Å². The van der Waals surface area contributed by atoms with E-state index in [0.717, 1.165) is 22.5 Å². The molecule has 0 saturated heterocycles. The predicted molar refractivity (Wildman–Crippen MR) is 250 cm³/mol. The van der Waals surface area contributed by atoms with E-state index in [-0.39, 0.29) is 10.8 Å². The highest BCUT2D eigenvalue weighted by Crippen LogP contribution is 2.51. The maximum atomic E-state index is 4.68. The lowest BCUT2D eigenvalue weighted by atomic mass is 9.81. The number of hydrogen-bond acceptors (Lipinski definition) is 2. The van der Waals surface area contributed by atoms with Crippen LogP contribution in [0.4, 0.5) is 0 Å². The van der Waals surface area contributed by atoms with Crippen LogP contribution >= 0.6 is 0 Å². The van der Waals surface area contributed by atoms with Crippen LogP contribution in [0.3, 0.4) is 0 Å². The molecule has 1 aromatic heterocycles. The molecule has 0 saturated carbocycles. The van der Waals surface area contributed by atoms with Gasteiger partial charge < -0.3 is 0 Å². The van der Waals surface area contributed by atoms with E-state index in [1.54, 1.807) is 6.33 Å². The van der Waals surface area contributed by atoms with Crippen LogP contribution in [0, 0.1) is 0 Å². The zero-order chi connectivity index (χ0) is 40.6. The maximum absolute atomic E-state index is 4.68. The smallest absolute Gasteiger partial charge is 0.116 e. The van der Waals surface area contributed by atoms with Crippen molar-refractivity contribution in [3.8, 4) is 89.3 Å². The second-order valence-corrected chi connectivity index (χ2v) is 17.5. The number of rotatable bonds is 6. The number of aromatic nitrogens is 2. The van der Waals surface area contributed by atoms with E-state index in [1.165, 1.54) is 89.0 Å². The lowest BCUT2D eigenvalue weighted by Crippen LogP contribution is -2.14. The summed E-state index contributed by atoms with van der Waals surface area (Å²) < 4.78 is 0. The van der Waals surface area contributed by atoms with Crippen molar-refractivity contribution in [3.63, 3.8) is 0 Å². The van der Waals surface area contributed by atoms with Crippen molar-refractivity contribution in [2.45, 2.75) is 38.5 Å². The summed E-state index contributed by atoms with van der Waals surface area (Å²) in [7, 11) is 0. The van der Waals surface area contributed by atoms with Gasteiger partial charge in [0.15, 0.2) is 0 Å². The molecular formula is C58H44N2. The average molecular weight is 769 g/mol. The average Bonchev–Trinajstić information content (AvgIpc) is 3.68. The van der Waals surface area contributed by atoms with Crippen LogP contribution in [-0.2, 0) is 10.8 Å². The lowest BCUT2D eigenvalue weighted by molar-refractivity contribution is 0.660. The van der Waals surface area contributed by atoms with E-state index < -0.39 is 0 Å². The number of hydrogen-bond donors (Lipinski definition) is 0.